The molecule has 2 aromatic carbocycles. The average Bonchev–Trinajstić information content (AvgIpc) is 2.80. The van der Waals surface area contributed by atoms with Gasteiger partial charge in [-0.25, -0.2) is 8.42 Å². The Morgan fingerprint density at radius 2 is 1.56 bits per heavy atom. The Labute approximate surface area is 190 Å². The van der Waals surface area contributed by atoms with Crippen molar-refractivity contribution < 1.29 is 17.9 Å². The van der Waals surface area contributed by atoms with Crippen molar-refractivity contribution in [3.8, 4) is 5.75 Å². The molecule has 0 bridgehead atoms. The molecule has 1 saturated heterocycles. The van der Waals surface area contributed by atoms with Gasteiger partial charge in [0.1, 0.15) is 5.75 Å². The van der Waals surface area contributed by atoms with Crippen LogP contribution in [0.2, 0.25) is 0 Å². The predicted octanol–water partition coefficient (Wildman–Crippen LogP) is 2.49. The number of carbonyl (C=O) groups is 1. The molecule has 1 amide bonds. The summed E-state index contributed by atoms with van der Waals surface area (Å²) in [6, 6.07) is 14.3. The summed E-state index contributed by atoms with van der Waals surface area (Å²) >= 11 is 0. The fourth-order valence-electron chi connectivity index (χ4n) is 3.78. The van der Waals surface area contributed by atoms with E-state index in [0.29, 0.717) is 25.3 Å². The van der Waals surface area contributed by atoms with E-state index in [4.69, 9.17) is 4.74 Å². The van der Waals surface area contributed by atoms with Crippen LogP contribution in [0.25, 0.3) is 0 Å². The summed E-state index contributed by atoms with van der Waals surface area (Å²) in [6.07, 6.45) is 0. The Kier molecular flexibility index (Phi) is 8.11. The number of benzene rings is 2. The van der Waals surface area contributed by atoms with E-state index >= 15 is 0 Å². The van der Waals surface area contributed by atoms with Crippen molar-refractivity contribution in [2.45, 2.75) is 18.7 Å². The lowest BCUT2D eigenvalue weighted by atomic mass is 10.2. The number of amides is 1. The number of ether oxygens (including phenoxy) is 1. The number of piperazine rings is 1. The Balaban J connectivity index is 1.50. The first-order valence-electron chi connectivity index (χ1n) is 10.9. The topological polar surface area (TPSA) is 82.2 Å². The van der Waals surface area contributed by atoms with Crippen LogP contribution < -0.4 is 15.0 Å². The third-order valence-corrected chi connectivity index (χ3v) is 7.72. The van der Waals surface area contributed by atoms with Gasteiger partial charge in [-0.05, 0) is 48.5 Å². The maximum Gasteiger partial charge on any atom is 0.243 e. The quantitative estimate of drug-likeness (QED) is 0.619. The molecule has 2 aromatic rings. The predicted molar refractivity (Wildman–Crippen MR) is 127 cm³/mol. The van der Waals surface area contributed by atoms with Crippen LogP contribution in [0.5, 0.6) is 5.75 Å². The Morgan fingerprint density at radius 1 is 0.969 bits per heavy atom. The largest absolute Gasteiger partial charge is 0.497 e. The molecule has 1 fully saturated rings. The highest BCUT2D eigenvalue weighted by atomic mass is 32.2. The van der Waals surface area contributed by atoms with Gasteiger partial charge in [-0.1, -0.05) is 13.8 Å². The fraction of sp³-hybridized carbons (Fsp3) is 0.435. The van der Waals surface area contributed by atoms with E-state index in [1.807, 2.05) is 38.1 Å². The van der Waals surface area contributed by atoms with Crippen LogP contribution in [0.15, 0.2) is 53.4 Å². The second-order valence-electron chi connectivity index (χ2n) is 7.62. The summed E-state index contributed by atoms with van der Waals surface area (Å²) in [6.45, 7) is 8.04. The minimum atomic E-state index is -3.50. The van der Waals surface area contributed by atoms with Crippen LogP contribution in [0.4, 0.5) is 11.4 Å². The SMILES string of the molecule is CCN(CC)S(=O)(=O)c1ccc(NC(=O)CN2CCN(c3ccc(OC)cc3)CC2)cc1. The minimum Gasteiger partial charge on any atom is -0.497 e. The van der Waals surface area contributed by atoms with Crippen molar-refractivity contribution in [2.75, 3.05) is 63.1 Å². The zero-order valence-corrected chi connectivity index (χ0v) is 19.8. The molecule has 8 nitrogen and oxygen atoms in total. The molecule has 1 aliphatic rings. The smallest absolute Gasteiger partial charge is 0.243 e. The van der Waals surface area contributed by atoms with Crippen LogP contribution in [0, 0.1) is 0 Å². The normalized spacial score (nSPS) is 15.1. The van der Waals surface area contributed by atoms with Gasteiger partial charge >= 0.3 is 0 Å². The van der Waals surface area contributed by atoms with Crippen LogP contribution in [0.3, 0.4) is 0 Å². The second kappa shape index (κ2) is 10.8. The molecule has 0 saturated carbocycles. The van der Waals surface area contributed by atoms with Crippen molar-refractivity contribution in [2.24, 2.45) is 0 Å². The number of hydrogen-bond acceptors (Lipinski definition) is 6. The lowest BCUT2D eigenvalue weighted by Crippen LogP contribution is -2.48. The minimum absolute atomic E-state index is 0.109. The van der Waals surface area contributed by atoms with Gasteiger partial charge in [0.15, 0.2) is 0 Å². The monoisotopic (exact) mass is 460 g/mol. The van der Waals surface area contributed by atoms with Crippen molar-refractivity contribution in [3.05, 3.63) is 48.5 Å². The van der Waals surface area contributed by atoms with Gasteiger partial charge in [0, 0.05) is 50.6 Å². The van der Waals surface area contributed by atoms with Gasteiger partial charge < -0.3 is 15.0 Å². The van der Waals surface area contributed by atoms with E-state index in [-0.39, 0.29) is 10.8 Å². The van der Waals surface area contributed by atoms with Crippen molar-refractivity contribution >= 4 is 27.3 Å². The van der Waals surface area contributed by atoms with E-state index in [1.165, 1.54) is 16.4 Å². The maximum absolute atomic E-state index is 12.6. The number of anilines is 2. The van der Waals surface area contributed by atoms with E-state index < -0.39 is 10.0 Å². The molecular formula is C23H32N4O4S. The number of carbonyl (C=O) groups excluding carboxylic acids is 1. The third-order valence-electron chi connectivity index (χ3n) is 5.66. The highest BCUT2D eigenvalue weighted by Crippen LogP contribution is 2.21. The number of methoxy groups -OCH3 is 1. The zero-order valence-electron chi connectivity index (χ0n) is 19.0. The molecule has 3 rings (SSSR count). The second-order valence-corrected chi connectivity index (χ2v) is 9.56. The van der Waals surface area contributed by atoms with Crippen LogP contribution in [-0.2, 0) is 14.8 Å². The highest BCUT2D eigenvalue weighted by molar-refractivity contribution is 7.89. The summed E-state index contributed by atoms with van der Waals surface area (Å²) in [5, 5.41) is 2.86. The van der Waals surface area contributed by atoms with Crippen molar-refractivity contribution in [3.63, 3.8) is 0 Å². The van der Waals surface area contributed by atoms with Crippen molar-refractivity contribution in [1.29, 1.82) is 0 Å². The fourth-order valence-corrected chi connectivity index (χ4v) is 5.24. The first kappa shape index (κ1) is 24.0. The third kappa shape index (κ3) is 5.79. The molecule has 9 heteroatoms. The first-order valence-corrected chi connectivity index (χ1v) is 12.3. The molecule has 1 heterocycles. The first-order chi connectivity index (χ1) is 15.4. The number of sulfonamides is 1. The maximum atomic E-state index is 12.6. The molecule has 0 aliphatic carbocycles. The lowest BCUT2D eigenvalue weighted by molar-refractivity contribution is -0.117. The van der Waals surface area contributed by atoms with Crippen LogP contribution >= 0.6 is 0 Å². The van der Waals surface area contributed by atoms with Gasteiger partial charge in [0.05, 0.1) is 18.6 Å². The Bertz CT molecular complexity index is 982. The summed E-state index contributed by atoms with van der Waals surface area (Å²) in [5.41, 5.74) is 1.74. The van der Waals surface area contributed by atoms with E-state index in [1.54, 1.807) is 19.2 Å². The summed E-state index contributed by atoms with van der Waals surface area (Å²) < 4.78 is 31.8. The summed E-state index contributed by atoms with van der Waals surface area (Å²) in [5.74, 6) is 0.727. The lowest BCUT2D eigenvalue weighted by Gasteiger charge is -2.35. The molecular weight excluding hydrogens is 428 g/mol. The standard InChI is InChI=1S/C23H32N4O4S/c1-4-27(5-2)32(29,30)22-12-6-19(7-13-22)24-23(28)18-25-14-16-26(17-15-25)20-8-10-21(31-3)11-9-20/h6-13H,4-5,14-18H2,1-3H3,(H,24,28). The van der Waals surface area contributed by atoms with E-state index in [2.05, 4.69) is 15.1 Å². The number of rotatable bonds is 9. The molecule has 0 radical (unpaired) electrons. The number of hydrogen-bond donors (Lipinski definition) is 1. The number of nitrogens with one attached hydrogen (secondary N) is 1. The molecule has 0 aromatic heterocycles. The summed E-state index contributed by atoms with van der Waals surface area (Å²) in [4.78, 5) is 17.1. The summed E-state index contributed by atoms with van der Waals surface area (Å²) in [7, 11) is -1.85. The molecule has 1 aliphatic heterocycles. The van der Waals surface area contributed by atoms with Gasteiger partial charge in [-0.3, -0.25) is 9.69 Å². The van der Waals surface area contributed by atoms with Crippen LogP contribution in [-0.4, -0.2) is 76.5 Å². The molecule has 0 unspecified atom stereocenters. The molecule has 32 heavy (non-hydrogen) atoms. The Morgan fingerprint density at radius 3 is 2.09 bits per heavy atom. The zero-order chi connectivity index (χ0) is 23.1. The number of nitrogens with zero attached hydrogens (tertiary/aromatic N) is 3. The Hall–Kier alpha value is -2.62. The van der Waals surface area contributed by atoms with E-state index in [0.717, 1.165) is 37.6 Å². The average molecular weight is 461 g/mol. The van der Waals surface area contributed by atoms with Gasteiger partial charge in [-0.2, -0.15) is 4.31 Å². The van der Waals surface area contributed by atoms with Gasteiger partial charge in [0.25, 0.3) is 0 Å². The molecule has 0 spiro atoms. The van der Waals surface area contributed by atoms with Crippen molar-refractivity contribution in [1.82, 2.24) is 9.21 Å². The molecule has 0 atom stereocenters. The van der Waals surface area contributed by atoms with E-state index in [9.17, 15) is 13.2 Å². The molecule has 174 valence electrons. The molecule has 1 N–H and O–H groups in total. The highest BCUT2D eigenvalue weighted by Gasteiger charge is 2.22. The van der Waals surface area contributed by atoms with Gasteiger partial charge in [0.2, 0.25) is 15.9 Å². The van der Waals surface area contributed by atoms with Gasteiger partial charge in [-0.15, -0.1) is 0 Å². The van der Waals surface area contributed by atoms with Crippen LogP contribution in [0.1, 0.15) is 13.8 Å².